The summed E-state index contributed by atoms with van der Waals surface area (Å²) in [4.78, 5) is 39.3. The molecule has 22 heteroatoms. The third-order valence-corrected chi connectivity index (χ3v) is 9.47. The van der Waals surface area contributed by atoms with E-state index in [1.807, 2.05) is 4.90 Å². The van der Waals surface area contributed by atoms with Crippen molar-refractivity contribution in [1.82, 2.24) is 20.2 Å². The van der Waals surface area contributed by atoms with E-state index in [2.05, 4.69) is 30.5 Å². The van der Waals surface area contributed by atoms with E-state index >= 15 is 0 Å². The van der Waals surface area contributed by atoms with Crippen LogP contribution in [0.3, 0.4) is 0 Å². The van der Waals surface area contributed by atoms with Crippen molar-refractivity contribution in [3.8, 4) is 0 Å². The van der Waals surface area contributed by atoms with Gasteiger partial charge in [-0.25, -0.2) is 19.6 Å². The molecule has 4 heterocycles. The topological polar surface area (TPSA) is 187 Å². The van der Waals surface area contributed by atoms with Gasteiger partial charge in [-0.3, -0.25) is 0 Å². The molecular formula is C39H44Cl2F6N8O6. The maximum Gasteiger partial charge on any atom is 0.416 e. The summed E-state index contributed by atoms with van der Waals surface area (Å²) in [5.41, 5.74) is -0.174. The number of alkyl halides is 6. The Hall–Kier alpha value is -5.05. The molecule has 332 valence electrons. The van der Waals surface area contributed by atoms with Gasteiger partial charge in [0.1, 0.15) is 23.8 Å². The SMILES string of the molecule is C.O=C(Nc1ccc(C(F)(F)F)cc1)N1CCN(c2ncc([C@H](O)CO)cc2Cl)CC1.O=C=Nc1ccc(C(F)(F)F)cc1.OC[C@@H](O)c1cnc(N2CCNCC2)c(Cl)c1. The van der Waals surface area contributed by atoms with Crippen LogP contribution in [-0.4, -0.2) is 113 Å². The third kappa shape index (κ3) is 14.8. The molecule has 4 aromatic rings. The number of carbonyl (C=O) groups is 1. The molecular weight excluding hydrogens is 861 g/mol. The number of rotatable bonds is 8. The predicted molar refractivity (Wildman–Crippen MR) is 218 cm³/mol. The van der Waals surface area contributed by atoms with E-state index < -0.39 is 48.3 Å². The molecule has 6 N–H and O–H groups in total. The van der Waals surface area contributed by atoms with Gasteiger partial charge in [0.25, 0.3) is 0 Å². The molecule has 2 aromatic heterocycles. The lowest BCUT2D eigenvalue weighted by atomic mass is 10.1. The molecule has 2 atom stereocenters. The normalized spacial score (nSPS) is 15.1. The summed E-state index contributed by atoms with van der Waals surface area (Å²) < 4.78 is 73.9. The van der Waals surface area contributed by atoms with Crippen molar-refractivity contribution in [2.24, 2.45) is 4.99 Å². The number of piperazine rings is 2. The Balaban J connectivity index is 0.000000270. The Morgan fingerprint density at radius 3 is 1.57 bits per heavy atom. The number of isocyanates is 1. The number of nitrogens with one attached hydrogen (secondary N) is 2. The van der Waals surface area contributed by atoms with Crippen LogP contribution in [0.5, 0.6) is 0 Å². The van der Waals surface area contributed by atoms with Gasteiger partial charge in [-0.05, 0) is 60.7 Å². The molecule has 0 saturated carbocycles. The zero-order valence-corrected chi connectivity index (χ0v) is 33.0. The van der Waals surface area contributed by atoms with Crippen LogP contribution in [-0.2, 0) is 17.1 Å². The number of hydrogen-bond donors (Lipinski definition) is 6. The van der Waals surface area contributed by atoms with Crippen LogP contribution in [0.15, 0.2) is 78.0 Å². The van der Waals surface area contributed by atoms with Gasteiger partial charge < -0.3 is 45.8 Å². The number of aliphatic hydroxyl groups is 4. The first-order chi connectivity index (χ1) is 28.4. The zero-order valence-electron chi connectivity index (χ0n) is 31.5. The largest absolute Gasteiger partial charge is 0.416 e. The Kier molecular flexibility index (Phi) is 19.2. The molecule has 0 aliphatic carbocycles. The first-order valence-corrected chi connectivity index (χ1v) is 18.8. The van der Waals surface area contributed by atoms with Crippen molar-refractivity contribution < 1.29 is 56.4 Å². The van der Waals surface area contributed by atoms with Crippen LogP contribution >= 0.6 is 23.2 Å². The van der Waals surface area contributed by atoms with Crippen molar-refractivity contribution in [3.05, 3.63) is 105 Å². The van der Waals surface area contributed by atoms with Gasteiger partial charge in [-0.2, -0.15) is 31.3 Å². The van der Waals surface area contributed by atoms with Crippen LogP contribution in [0.1, 0.15) is 41.9 Å². The van der Waals surface area contributed by atoms with Crippen molar-refractivity contribution in [2.75, 3.05) is 80.7 Å². The molecule has 2 fully saturated rings. The van der Waals surface area contributed by atoms with Gasteiger partial charge >= 0.3 is 18.4 Å². The molecule has 0 spiro atoms. The van der Waals surface area contributed by atoms with Gasteiger partial charge in [0.15, 0.2) is 0 Å². The van der Waals surface area contributed by atoms with E-state index in [9.17, 15) is 46.1 Å². The van der Waals surface area contributed by atoms with Crippen molar-refractivity contribution in [2.45, 2.75) is 32.0 Å². The van der Waals surface area contributed by atoms with Crippen LogP contribution in [0.4, 0.5) is 54.1 Å². The van der Waals surface area contributed by atoms with Gasteiger partial charge in [-0.15, -0.1) is 0 Å². The van der Waals surface area contributed by atoms with E-state index in [1.54, 1.807) is 17.2 Å². The second-order valence-corrected chi connectivity index (χ2v) is 13.8. The summed E-state index contributed by atoms with van der Waals surface area (Å²) >= 11 is 12.4. The van der Waals surface area contributed by atoms with Gasteiger partial charge in [0.2, 0.25) is 6.08 Å². The fraction of sp³-hybridized carbons (Fsp3) is 0.385. The maximum atomic E-state index is 12.6. The quantitative estimate of drug-likeness (QED) is 0.0635. The minimum Gasteiger partial charge on any atom is -0.393 e. The molecule has 2 aromatic carbocycles. The Morgan fingerprint density at radius 1 is 0.754 bits per heavy atom. The highest BCUT2D eigenvalue weighted by Crippen LogP contribution is 2.32. The summed E-state index contributed by atoms with van der Waals surface area (Å²) in [7, 11) is 0. The standard InChI is InChI=1S/C19H20ClF3N4O3.C11H16ClN3O2.C8H4F3NO.CH4/c20-15-9-12(16(29)11-28)10-24-17(15)26-5-7-27(8-6-26)18(30)25-14-3-1-13(2-4-14)19(21,22)23;12-9-5-8(10(17)7-16)6-14-11(9)15-3-1-13-2-4-15;9-8(10,11)6-1-3-7(4-2-6)12-5-13;/h1-4,9-10,16,28-29H,5-8,11H2,(H,25,30);5-6,10,13,16-17H,1-4,7H2;1-4H;1H4/t16-;10-;;/m11../s1. The fourth-order valence-electron chi connectivity index (χ4n) is 5.65. The highest BCUT2D eigenvalue weighted by atomic mass is 35.5. The van der Waals surface area contributed by atoms with E-state index in [1.165, 1.54) is 30.5 Å². The van der Waals surface area contributed by atoms with E-state index in [0.717, 1.165) is 68.4 Å². The number of hydrogen-bond acceptors (Lipinski definition) is 12. The highest BCUT2D eigenvalue weighted by Gasteiger charge is 2.31. The summed E-state index contributed by atoms with van der Waals surface area (Å²) in [5.74, 6) is 1.25. The summed E-state index contributed by atoms with van der Waals surface area (Å²) in [5, 5.41) is 43.7. The molecule has 2 saturated heterocycles. The number of benzene rings is 2. The Morgan fingerprint density at radius 2 is 1.18 bits per heavy atom. The molecule has 0 unspecified atom stereocenters. The third-order valence-electron chi connectivity index (χ3n) is 8.92. The molecule has 6 rings (SSSR count). The van der Waals surface area contributed by atoms with E-state index in [4.69, 9.17) is 33.4 Å². The van der Waals surface area contributed by atoms with Crippen molar-refractivity contribution in [3.63, 3.8) is 0 Å². The first-order valence-electron chi connectivity index (χ1n) is 18.0. The number of aliphatic hydroxyl groups excluding tert-OH is 4. The van der Waals surface area contributed by atoms with E-state index in [-0.39, 0.29) is 25.4 Å². The monoisotopic (exact) mass is 904 g/mol. The van der Waals surface area contributed by atoms with Gasteiger partial charge in [-0.1, -0.05) is 30.6 Å². The number of aromatic nitrogens is 2. The lowest BCUT2D eigenvalue weighted by Crippen LogP contribution is -2.50. The number of amides is 2. The second kappa shape index (κ2) is 23.2. The number of anilines is 3. The molecule has 2 aliphatic rings. The number of aliphatic imine (C=N–C) groups is 1. The molecule has 2 amide bonds. The lowest BCUT2D eigenvalue weighted by molar-refractivity contribution is -0.138. The Bertz CT molecular complexity index is 2050. The summed E-state index contributed by atoms with van der Waals surface area (Å²) in [6, 6.07) is 11.0. The van der Waals surface area contributed by atoms with Crippen LogP contribution < -0.4 is 20.4 Å². The van der Waals surface area contributed by atoms with Crippen LogP contribution in [0.2, 0.25) is 10.0 Å². The van der Waals surface area contributed by atoms with E-state index in [0.29, 0.717) is 53.2 Å². The molecule has 61 heavy (non-hydrogen) atoms. The lowest BCUT2D eigenvalue weighted by Gasteiger charge is -2.35. The predicted octanol–water partition coefficient (Wildman–Crippen LogP) is 6.61. The Labute approximate surface area is 357 Å². The minimum atomic E-state index is -4.43. The highest BCUT2D eigenvalue weighted by molar-refractivity contribution is 6.33. The number of halogens is 8. The number of urea groups is 1. The average molecular weight is 906 g/mol. The second-order valence-electron chi connectivity index (χ2n) is 13.0. The van der Waals surface area contributed by atoms with Crippen LogP contribution in [0, 0.1) is 0 Å². The number of pyridine rings is 2. The van der Waals surface area contributed by atoms with Gasteiger partial charge in [0, 0.05) is 81.6 Å². The average Bonchev–Trinajstić information content (AvgIpc) is 3.23. The smallest absolute Gasteiger partial charge is 0.393 e. The first kappa shape index (κ1) is 50.3. The maximum absolute atomic E-state index is 12.6. The van der Waals surface area contributed by atoms with Gasteiger partial charge in [0.05, 0.1) is 40.1 Å². The summed E-state index contributed by atoms with van der Waals surface area (Å²) in [6.45, 7) is 4.44. The van der Waals surface area contributed by atoms with Crippen molar-refractivity contribution in [1.29, 1.82) is 0 Å². The summed E-state index contributed by atoms with van der Waals surface area (Å²) in [6.07, 6.45) is -6.53. The molecule has 0 bridgehead atoms. The number of nitrogens with zero attached hydrogens (tertiary/aromatic N) is 6. The zero-order chi connectivity index (χ0) is 44.0. The number of carbonyl (C=O) groups excluding carboxylic acids is 2. The molecule has 14 nitrogen and oxygen atoms in total. The minimum absolute atomic E-state index is 0. The van der Waals surface area contributed by atoms with Crippen molar-refractivity contribution >= 4 is 58.3 Å². The molecule has 2 aliphatic heterocycles. The van der Waals surface area contributed by atoms with Crippen LogP contribution in [0.25, 0.3) is 0 Å². The molecule has 0 radical (unpaired) electrons. The fourth-order valence-corrected chi connectivity index (χ4v) is 6.24.